The lowest BCUT2D eigenvalue weighted by atomic mass is 10.1. The van der Waals surface area contributed by atoms with Gasteiger partial charge in [0.25, 0.3) is 0 Å². The number of nitrogens with one attached hydrogen (secondary N) is 2. The van der Waals surface area contributed by atoms with Crippen molar-refractivity contribution in [3.63, 3.8) is 0 Å². The molecule has 116 valence electrons. The van der Waals surface area contributed by atoms with Crippen molar-refractivity contribution in [1.82, 2.24) is 5.32 Å². The van der Waals surface area contributed by atoms with Gasteiger partial charge in [-0.25, -0.2) is 9.59 Å². The smallest absolute Gasteiger partial charge is 0.337 e. The van der Waals surface area contributed by atoms with Crippen LogP contribution >= 0.6 is 11.8 Å². The molecule has 1 atom stereocenters. The lowest BCUT2D eigenvalue weighted by molar-refractivity contribution is 0.0697. The van der Waals surface area contributed by atoms with Gasteiger partial charge >= 0.3 is 12.0 Å². The highest BCUT2D eigenvalue weighted by Crippen LogP contribution is 2.22. The molecule has 1 unspecified atom stereocenters. The second-order valence-corrected chi connectivity index (χ2v) is 5.48. The van der Waals surface area contributed by atoms with Gasteiger partial charge in [-0.3, -0.25) is 0 Å². The number of hydrogen-bond acceptors (Lipinski definition) is 4. The molecular weight excluding hydrogens is 292 g/mol. The van der Waals surface area contributed by atoms with Crippen LogP contribution in [0.15, 0.2) is 18.2 Å². The van der Waals surface area contributed by atoms with E-state index in [1.54, 1.807) is 17.8 Å². The van der Waals surface area contributed by atoms with E-state index in [-0.39, 0.29) is 17.3 Å². The van der Waals surface area contributed by atoms with Crippen LogP contribution < -0.4 is 15.4 Å². The van der Waals surface area contributed by atoms with Crippen molar-refractivity contribution in [3.05, 3.63) is 23.8 Å². The summed E-state index contributed by atoms with van der Waals surface area (Å²) in [5.41, 5.74) is 0.221. The number of carboxylic acids is 1. The van der Waals surface area contributed by atoms with E-state index in [9.17, 15) is 9.59 Å². The van der Waals surface area contributed by atoms with Crippen LogP contribution in [0.4, 0.5) is 10.5 Å². The number of aromatic carboxylic acids is 1. The number of carbonyl (C=O) groups excluding carboxylic acids is 1. The van der Waals surface area contributed by atoms with Crippen molar-refractivity contribution in [2.45, 2.75) is 19.4 Å². The number of amides is 2. The first-order chi connectivity index (χ1) is 9.97. The normalized spacial score (nSPS) is 11.6. The quantitative estimate of drug-likeness (QED) is 0.720. The zero-order chi connectivity index (χ0) is 15.8. The van der Waals surface area contributed by atoms with Crippen molar-refractivity contribution >= 4 is 29.4 Å². The number of benzene rings is 1. The third-order valence-electron chi connectivity index (χ3n) is 2.84. The molecule has 6 nitrogen and oxygen atoms in total. The fourth-order valence-electron chi connectivity index (χ4n) is 1.69. The van der Waals surface area contributed by atoms with Gasteiger partial charge in [0, 0.05) is 6.04 Å². The molecule has 0 aliphatic carbocycles. The molecule has 0 fully saturated rings. The van der Waals surface area contributed by atoms with Gasteiger partial charge in [0.1, 0.15) is 5.75 Å². The largest absolute Gasteiger partial charge is 0.497 e. The minimum absolute atomic E-state index is 0.0127. The molecule has 0 saturated carbocycles. The predicted octanol–water partition coefficient (Wildman–Crippen LogP) is 2.66. The topological polar surface area (TPSA) is 87.7 Å². The van der Waals surface area contributed by atoms with Gasteiger partial charge in [-0.15, -0.1) is 0 Å². The number of methoxy groups -OCH3 is 1. The molecule has 0 radical (unpaired) electrons. The average Bonchev–Trinajstić information content (AvgIpc) is 2.45. The minimum Gasteiger partial charge on any atom is -0.497 e. The Bertz CT molecular complexity index is 508. The van der Waals surface area contributed by atoms with Gasteiger partial charge in [-0.1, -0.05) is 0 Å². The van der Waals surface area contributed by atoms with Crippen molar-refractivity contribution in [2.24, 2.45) is 0 Å². The first kappa shape index (κ1) is 17.2. The standard InChI is InChI=1S/C14H20N2O4S/c1-9(6-7-21-3)15-14(19)16-12-5-4-10(20-2)8-11(12)13(17)18/h4-5,8-9H,6-7H2,1-3H3,(H,17,18)(H2,15,16,19). The zero-order valence-corrected chi connectivity index (χ0v) is 13.1. The number of anilines is 1. The van der Waals surface area contributed by atoms with Crippen molar-refractivity contribution in [1.29, 1.82) is 0 Å². The molecule has 1 aromatic rings. The number of thioether (sulfide) groups is 1. The molecule has 0 heterocycles. The Morgan fingerprint density at radius 1 is 1.43 bits per heavy atom. The molecule has 3 N–H and O–H groups in total. The van der Waals surface area contributed by atoms with E-state index in [1.807, 2.05) is 13.2 Å². The monoisotopic (exact) mass is 312 g/mol. The first-order valence-corrected chi connectivity index (χ1v) is 7.85. The maximum absolute atomic E-state index is 11.9. The van der Waals surface area contributed by atoms with E-state index in [0.717, 1.165) is 12.2 Å². The number of ether oxygens (including phenoxy) is 1. The average molecular weight is 312 g/mol. The summed E-state index contributed by atoms with van der Waals surface area (Å²) in [5.74, 6) is 0.246. The van der Waals surface area contributed by atoms with E-state index in [4.69, 9.17) is 9.84 Å². The molecule has 0 aliphatic rings. The van der Waals surface area contributed by atoms with E-state index in [2.05, 4.69) is 10.6 Å². The molecular formula is C14H20N2O4S. The Labute approximate surface area is 128 Å². The molecule has 0 saturated heterocycles. The van der Waals surface area contributed by atoms with Crippen molar-refractivity contribution < 1.29 is 19.4 Å². The van der Waals surface area contributed by atoms with Gasteiger partial charge < -0.3 is 20.5 Å². The van der Waals surface area contributed by atoms with Crippen LogP contribution in [0, 0.1) is 0 Å². The van der Waals surface area contributed by atoms with Crippen LogP contribution in [0.1, 0.15) is 23.7 Å². The summed E-state index contributed by atoms with van der Waals surface area (Å²) >= 11 is 1.71. The Morgan fingerprint density at radius 3 is 2.71 bits per heavy atom. The second-order valence-electron chi connectivity index (χ2n) is 4.50. The minimum atomic E-state index is -1.13. The predicted molar refractivity (Wildman–Crippen MR) is 84.6 cm³/mol. The zero-order valence-electron chi connectivity index (χ0n) is 12.3. The highest BCUT2D eigenvalue weighted by atomic mass is 32.2. The maximum Gasteiger partial charge on any atom is 0.337 e. The number of rotatable bonds is 7. The summed E-state index contributed by atoms with van der Waals surface area (Å²) in [6.45, 7) is 1.90. The molecule has 1 aromatic carbocycles. The van der Waals surface area contributed by atoms with Crippen LogP contribution in [0.3, 0.4) is 0 Å². The summed E-state index contributed by atoms with van der Waals surface area (Å²) in [7, 11) is 1.45. The van der Waals surface area contributed by atoms with Crippen molar-refractivity contribution in [3.8, 4) is 5.75 Å². The number of carboxylic acid groups (broad SMARTS) is 1. The fraction of sp³-hybridized carbons (Fsp3) is 0.429. The Morgan fingerprint density at radius 2 is 2.14 bits per heavy atom. The van der Waals surface area contributed by atoms with Gasteiger partial charge in [0.15, 0.2) is 0 Å². The van der Waals surface area contributed by atoms with E-state index in [1.165, 1.54) is 19.2 Å². The lowest BCUT2D eigenvalue weighted by Gasteiger charge is -2.15. The molecule has 0 bridgehead atoms. The van der Waals surface area contributed by atoms with Crippen LogP contribution in [0.5, 0.6) is 5.75 Å². The SMILES string of the molecule is COc1ccc(NC(=O)NC(C)CCSC)c(C(=O)O)c1. The van der Waals surface area contributed by atoms with Crippen LogP contribution in [-0.4, -0.2) is 42.3 Å². The summed E-state index contributed by atoms with van der Waals surface area (Å²) in [6, 6.07) is 4.07. The van der Waals surface area contributed by atoms with E-state index in [0.29, 0.717) is 5.75 Å². The van der Waals surface area contributed by atoms with Gasteiger partial charge in [0.05, 0.1) is 18.4 Å². The highest BCUT2D eigenvalue weighted by Gasteiger charge is 2.14. The van der Waals surface area contributed by atoms with Crippen LogP contribution in [0.2, 0.25) is 0 Å². The number of hydrogen-bond donors (Lipinski definition) is 3. The molecule has 21 heavy (non-hydrogen) atoms. The Balaban J connectivity index is 2.73. The third-order valence-corrected chi connectivity index (χ3v) is 3.48. The third kappa shape index (κ3) is 5.55. The van der Waals surface area contributed by atoms with E-state index >= 15 is 0 Å². The fourth-order valence-corrected chi connectivity index (χ4v) is 2.27. The molecule has 0 spiro atoms. The van der Waals surface area contributed by atoms with Gasteiger partial charge in [-0.05, 0) is 43.6 Å². The summed E-state index contributed by atoms with van der Waals surface area (Å²) < 4.78 is 4.98. The molecule has 0 aromatic heterocycles. The number of urea groups is 1. The Kier molecular flexibility index (Phi) is 6.87. The molecule has 7 heteroatoms. The first-order valence-electron chi connectivity index (χ1n) is 6.45. The van der Waals surface area contributed by atoms with Crippen LogP contribution in [0.25, 0.3) is 0 Å². The van der Waals surface area contributed by atoms with Crippen LogP contribution in [-0.2, 0) is 0 Å². The summed E-state index contributed by atoms with van der Waals surface area (Å²) in [4.78, 5) is 23.1. The molecule has 0 aliphatic heterocycles. The lowest BCUT2D eigenvalue weighted by Crippen LogP contribution is -2.36. The number of carbonyl (C=O) groups is 2. The summed E-state index contributed by atoms with van der Waals surface area (Å²) in [5, 5.41) is 14.5. The molecule has 1 rings (SSSR count). The van der Waals surface area contributed by atoms with Crippen molar-refractivity contribution in [2.75, 3.05) is 24.4 Å². The highest BCUT2D eigenvalue weighted by molar-refractivity contribution is 7.98. The Hall–Kier alpha value is -1.89. The molecule has 2 amide bonds. The maximum atomic E-state index is 11.9. The van der Waals surface area contributed by atoms with E-state index < -0.39 is 12.0 Å². The van der Waals surface area contributed by atoms with Gasteiger partial charge in [0.2, 0.25) is 0 Å². The summed E-state index contributed by atoms with van der Waals surface area (Å²) in [6.07, 6.45) is 2.85. The second kappa shape index (κ2) is 8.41. The van der Waals surface area contributed by atoms with Gasteiger partial charge in [-0.2, -0.15) is 11.8 Å².